The van der Waals surface area contributed by atoms with Crippen LogP contribution < -0.4 is 14.4 Å². The molecular weight excluding hydrogens is 376 g/mol. The van der Waals surface area contributed by atoms with Gasteiger partial charge in [0.1, 0.15) is 11.8 Å². The van der Waals surface area contributed by atoms with E-state index >= 15 is 0 Å². The summed E-state index contributed by atoms with van der Waals surface area (Å²) in [7, 11) is -2.17. The Bertz CT molecular complexity index is 898. The minimum Gasteiger partial charge on any atom is -0.497 e. The Balaban J connectivity index is 2.32. The highest BCUT2D eigenvalue weighted by molar-refractivity contribution is 7.92. The number of halogens is 1. The summed E-state index contributed by atoms with van der Waals surface area (Å²) in [6.07, 6.45) is 1.06. The minimum atomic E-state index is -3.69. The number of hydrogen-bond donors (Lipinski definition) is 1. The van der Waals surface area contributed by atoms with Gasteiger partial charge in [-0.05, 0) is 55.8 Å². The maximum Gasteiger partial charge on any atom is 0.248 e. The van der Waals surface area contributed by atoms with E-state index in [0.29, 0.717) is 27.7 Å². The van der Waals surface area contributed by atoms with E-state index in [1.165, 1.54) is 14.0 Å². The summed E-state index contributed by atoms with van der Waals surface area (Å²) in [4.78, 5) is 12.7. The standard InChI is InChI=1S/C18H21ClN2O4S/c1-12-16(19)6-5-7-17(12)20-18(22)13(2)21(26(4,23)24)14-8-10-15(25-3)11-9-14/h5-11,13H,1-4H3,(H,20,22). The Hall–Kier alpha value is -2.25. The number of carbonyl (C=O) groups is 1. The summed E-state index contributed by atoms with van der Waals surface area (Å²) in [5, 5.41) is 3.26. The van der Waals surface area contributed by atoms with E-state index < -0.39 is 22.0 Å². The number of rotatable bonds is 6. The number of sulfonamides is 1. The van der Waals surface area contributed by atoms with E-state index in [-0.39, 0.29) is 0 Å². The third-order valence-electron chi connectivity index (χ3n) is 3.94. The first-order valence-corrected chi connectivity index (χ1v) is 10.1. The number of amides is 1. The predicted molar refractivity (Wildman–Crippen MR) is 105 cm³/mol. The highest BCUT2D eigenvalue weighted by Crippen LogP contribution is 2.26. The Morgan fingerprint density at radius 3 is 2.35 bits per heavy atom. The lowest BCUT2D eigenvalue weighted by atomic mass is 10.2. The lowest BCUT2D eigenvalue weighted by Gasteiger charge is -2.28. The summed E-state index contributed by atoms with van der Waals surface area (Å²) >= 11 is 6.07. The molecule has 0 radical (unpaired) electrons. The fourth-order valence-electron chi connectivity index (χ4n) is 2.52. The van der Waals surface area contributed by atoms with Gasteiger partial charge in [0.25, 0.3) is 0 Å². The van der Waals surface area contributed by atoms with Gasteiger partial charge in [-0.1, -0.05) is 17.7 Å². The third-order valence-corrected chi connectivity index (χ3v) is 5.59. The van der Waals surface area contributed by atoms with Crippen molar-refractivity contribution in [3.8, 4) is 5.75 Å². The van der Waals surface area contributed by atoms with E-state index in [0.717, 1.165) is 10.6 Å². The second kappa shape index (κ2) is 7.97. The van der Waals surface area contributed by atoms with Crippen LogP contribution in [0, 0.1) is 6.92 Å². The van der Waals surface area contributed by atoms with Crippen LogP contribution in [-0.2, 0) is 14.8 Å². The molecule has 0 aliphatic rings. The molecule has 0 aliphatic heterocycles. The summed E-state index contributed by atoms with van der Waals surface area (Å²) < 4.78 is 30.8. The zero-order valence-corrected chi connectivity index (χ0v) is 16.6. The number of ether oxygens (including phenoxy) is 1. The summed E-state index contributed by atoms with van der Waals surface area (Å²) in [5.41, 5.74) is 1.63. The highest BCUT2D eigenvalue weighted by Gasteiger charge is 2.29. The van der Waals surface area contributed by atoms with Gasteiger partial charge < -0.3 is 10.1 Å². The van der Waals surface area contributed by atoms with Gasteiger partial charge in [-0.3, -0.25) is 9.10 Å². The minimum absolute atomic E-state index is 0.374. The molecule has 0 fully saturated rings. The lowest BCUT2D eigenvalue weighted by molar-refractivity contribution is -0.116. The second-order valence-electron chi connectivity index (χ2n) is 5.83. The first-order chi connectivity index (χ1) is 12.1. The van der Waals surface area contributed by atoms with Crippen LogP contribution in [0.5, 0.6) is 5.75 Å². The third kappa shape index (κ3) is 4.47. The molecule has 1 amide bonds. The van der Waals surface area contributed by atoms with Gasteiger partial charge in [0.15, 0.2) is 0 Å². The number of anilines is 2. The van der Waals surface area contributed by atoms with Crippen LogP contribution in [0.4, 0.5) is 11.4 Å². The van der Waals surface area contributed by atoms with E-state index in [9.17, 15) is 13.2 Å². The zero-order valence-electron chi connectivity index (χ0n) is 15.0. The van der Waals surface area contributed by atoms with Crippen molar-refractivity contribution in [2.45, 2.75) is 19.9 Å². The van der Waals surface area contributed by atoms with Crippen LogP contribution in [0.15, 0.2) is 42.5 Å². The van der Waals surface area contributed by atoms with Crippen LogP contribution in [0.1, 0.15) is 12.5 Å². The molecule has 2 aromatic rings. The van der Waals surface area contributed by atoms with Crippen LogP contribution in [0.3, 0.4) is 0 Å². The van der Waals surface area contributed by atoms with Crippen molar-refractivity contribution in [1.29, 1.82) is 0 Å². The van der Waals surface area contributed by atoms with Crippen molar-refractivity contribution in [1.82, 2.24) is 0 Å². The molecule has 0 heterocycles. The maximum absolute atomic E-state index is 12.7. The molecule has 2 rings (SSSR count). The monoisotopic (exact) mass is 396 g/mol. The van der Waals surface area contributed by atoms with Crippen molar-refractivity contribution >= 4 is 38.9 Å². The summed E-state index contributed by atoms with van der Waals surface area (Å²) in [6, 6.07) is 10.6. The molecular formula is C18H21ClN2O4S. The van der Waals surface area contributed by atoms with E-state index in [1.54, 1.807) is 49.4 Å². The lowest BCUT2D eigenvalue weighted by Crippen LogP contribution is -2.45. The number of benzene rings is 2. The zero-order chi connectivity index (χ0) is 19.5. The molecule has 6 nitrogen and oxygen atoms in total. The Morgan fingerprint density at radius 1 is 1.19 bits per heavy atom. The molecule has 0 aromatic heterocycles. The van der Waals surface area contributed by atoms with E-state index in [1.807, 2.05) is 0 Å². The second-order valence-corrected chi connectivity index (χ2v) is 8.10. The highest BCUT2D eigenvalue weighted by atomic mass is 35.5. The summed E-state index contributed by atoms with van der Waals surface area (Å²) in [6.45, 7) is 3.31. The van der Waals surface area contributed by atoms with Crippen LogP contribution >= 0.6 is 11.6 Å². The van der Waals surface area contributed by atoms with Crippen molar-refractivity contribution in [3.05, 3.63) is 53.1 Å². The van der Waals surface area contributed by atoms with Gasteiger partial charge >= 0.3 is 0 Å². The largest absolute Gasteiger partial charge is 0.497 e. The molecule has 1 unspecified atom stereocenters. The van der Waals surface area contributed by atoms with Gasteiger partial charge in [-0.2, -0.15) is 0 Å². The number of nitrogens with one attached hydrogen (secondary N) is 1. The topological polar surface area (TPSA) is 75.7 Å². The molecule has 0 spiro atoms. The normalized spacial score (nSPS) is 12.3. The number of methoxy groups -OCH3 is 1. The fraction of sp³-hybridized carbons (Fsp3) is 0.278. The first kappa shape index (κ1) is 20.1. The quantitative estimate of drug-likeness (QED) is 0.811. The fourth-order valence-corrected chi connectivity index (χ4v) is 3.87. The molecule has 1 N–H and O–H groups in total. The van der Waals surface area contributed by atoms with Crippen molar-refractivity contribution < 1.29 is 17.9 Å². The average Bonchev–Trinajstić information content (AvgIpc) is 2.58. The predicted octanol–water partition coefficient (Wildman–Crippen LogP) is 3.45. The Kier molecular flexibility index (Phi) is 6.15. The number of nitrogens with zero attached hydrogens (tertiary/aromatic N) is 1. The molecule has 0 saturated carbocycles. The molecule has 1 atom stereocenters. The SMILES string of the molecule is COc1ccc(N(C(C)C(=O)Nc2cccc(Cl)c2C)S(C)(=O)=O)cc1. The van der Waals surface area contributed by atoms with Crippen molar-refractivity contribution in [3.63, 3.8) is 0 Å². The molecule has 0 bridgehead atoms. The van der Waals surface area contributed by atoms with Gasteiger partial charge in [0.2, 0.25) is 15.9 Å². The molecule has 0 aliphatic carbocycles. The van der Waals surface area contributed by atoms with Crippen molar-refractivity contribution in [2.24, 2.45) is 0 Å². The molecule has 140 valence electrons. The number of hydrogen-bond acceptors (Lipinski definition) is 4. The van der Waals surface area contributed by atoms with Gasteiger partial charge in [0.05, 0.1) is 19.1 Å². The van der Waals surface area contributed by atoms with E-state index in [4.69, 9.17) is 16.3 Å². The van der Waals surface area contributed by atoms with Crippen molar-refractivity contribution in [2.75, 3.05) is 23.0 Å². The maximum atomic E-state index is 12.7. The van der Waals surface area contributed by atoms with Gasteiger partial charge in [0, 0.05) is 10.7 Å². The van der Waals surface area contributed by atoms with Gasteiger partial charge in [-0.15, -0.1) is 0 Å². The molecule has 26 heavy (non-hydrogen) atoms. The average molecular weight is 397 g/mol. The smallest absolute Gasteiger partial charge is 0.248 e. The van der Waals surface area contributed by atoms with Crippen LogP contribution in [0.25, 0.3) is 0 Å². The Morgan fingerprint density at radius 2 is 1.81 bits per heavy atom. The van der Waals surface area contributed by atoms with Gasteiger partial charge in [-0.25, -0.2) is 8.42 Å². The summed E-state index contributed by atoms with van der Waals surface area (Å²) in [5.74, 6) is 0.130. The molecule has 0 saturated heterocycles. The molecule has 8 heteroatoms. The first-order valence-electron chi connectivity index (χ1n) is 7.84. The van der Waals surface area contributed by atoms with Crippen LogP contribution in [0.2, 0.25) is 5.02 Å². The number of carbonyl (C=O) groups excluding carboxylic acids is 1. The molecule has 2 aromatic carbocycles. The Labute approximate surface area is 158 Å². The van der Waals surface area contributed by atoms with Crippen LogP contribution in [-0.4, -0.2) is 33.7 Å². The van der Waals surface area contributed by atoms with E-state index in [2.05, 4.69) is 5.32 Å².